The van der Waals surface area contributed by atoms with E-state index in [1.54, 1.807) is 11.3 Å². The zero-order chi connectivity index (χ0) is 13.3. The van der Waals surface area contributed by atoms with E-state index in [2.05, 4.69) is 66.5 Å². The van der Waals surface area contributed by atoms with Crippen molar-refractivity contribution in [1.82, 2.24) is 5.32 Å². The van der Waals surface area contributed by atoms with Gasteiger partial charge in [-0.1, -0.05) is 0 Å². The standard InChI is InChI=1S/C14H18BrNS2/c1-8-7-12(11(4)18-8)9(2)16-10(3)14-13(15)5-6-17-14/h5-7,9-10,16H,1-4H3. The molecule has 1 N–H and O–H groups in total. The highest BCUT2D eigenvalue weighted by atomic mass is 79.9. The first-order valence-corrected chi connectivity index (χ1v) is 8.53. The first kappa shape index (κ1) is 14.3. The van der Waals surface area contributed by atoms with E-state index in [-0.39, 0.29) is 0 Å². The van der Waals surface area contributed by atoms with Gasteiger partial charge in [-0.15, -0.1) is 22.7 Å². The van der Waals surface area contributed by atoms with E-state index in [0.29, 0.717) is 12.1 Å². The van der Waals surface area contributed by atoms with Gasteiger partial charge in [-0.3, -0.25) is 0 Å². The van der Waals surface area contributed by atoms with Crippen LogP contribution in [0.5, 0.6) is 0 Å². The molecular formula is C14H18BrNS2. The summed E-state index contributed by atoms with van der Waals surface area (Å²) in [5, 5.41) is 5.81. The van der Waals surface area contributed by atoms with Crippen LogP contribution in [0.3, 0.4) is 0 Å². The highest BCUT2D eigenvalue weighted by molar-refractivity contribution is 9.10. The van der Waals surface area contributed by atoms with E-state index in [0.717, 1.165) is 0 Å². The Morgan fingerprint density at radius 1 is 1.22 bits per heavy atom. The van der Waals surface area contributed by atoms with Gasteiger partial charge in [0.1, 0.15) is 0 Å². The van der Waals surface area contributed by atoms with Crippen LogP contribution >= 0.6 is 38.6 Å². The Bertz CT molecular complexity index is 530. The van der Waals surface area contributed by atoms with Crippen LogP contribution in [-0.4, -0.2) is 0 Å². The Labute approximate surface area is 125 Å². The fourth-order valence-corrected chi connectivity index (χ4v) is 4.99. The lowest BCUT2D eigenvalue weighted by atomic mass is 10.1. The molecule has 0 saturated carbocycles. The number of hydrogen-bond acceptors (Lipinski definition) is 3. The number of rotatable bonds is 4. The number of halogens is 1. The number of aryl methyl sites for hydroxylation is 2. The Balaban J connectivity index is 2.10. The van der Waals surface area contributed by atoms with E-state index >= 15 is 0 Å². The Hall–Kier alpha value is -0.160. The summed E-state index contributed by atoms with van der Waals surface area (Å²) in [7, 11) is 0. The summed E-state index contributed by atoms with van der Waals surface area (Å²) in [5.74, 6) is 0. The van der Waals surface area contributed by atoms with Gasteiger partial charge in [0.25, 0.3) is 0 Å². The molecule has 0 aromatic carbocycles. The maximum absolute atomic E-state index is 3.68. The van der Waals surface area contributed by atoms with Gasteiger partial charge in [0.15, 0.2) is 0 Å². The molecule has 0 radical (unpaired) electrons. The van der Waals surface area contributed by atoms with Crippen LogP contribution in [0.2, 0.25) is 0 Å². The van der Waals surface area contributed by atoms with Gasteiger partial charge in [0, 0.05) is 31.2 Å². The summed E-state index contributed by atoms with van der Waals surface area (Å²) in [6.07, 6.45) is 0. The van der Waals surface area contributed by atoms with Gasteiger partial charge in [0.05, 0.1) is 0 Å². The molecule has 2 aromatic rings. The molecule has 0 aliphatic heterocycles. The second-order valence-electron chi connectivity index (χ2n) is 4.61. The van der Waals surface area contributed by atoms with Gasteiger partial charge in [-0.25, -0.2) is 0 Å². The summed E-state index contributed by atoms with van der Waals surface area (Å²) in [6, 6.07) is 5.17. The molecular weight excluding hydrogens is 326 g/mol. The zero-order valence-corrected chi connectivity index (χ0v) is 14.3. The molecule has 2 atom stereocenters. The fourth-order valence-electron chi connectivity index (χ4n) is 2.24. The minimum Gasteiger partial charge on any atom is -0.303 e. The predicted molar refractivity (Wildman–Crippen MR) is 85.8 cm³/mol. The molecule has 98 valence electrons. The van der Waals surface area contributed by atoms with E-state index in [4.69, 9.17) is 0 Å². The summed E-state index contributed by atoms with van der Waals surface area (Å²) >= 11 is 7.28. The first-order chi connectivity index (χ1) is 8.49. The van der Waals surface area contributed by atoms with Gasteiger partial charge >= 0.3 is 0 Å². The number of hydrogen-bond donors (Lipinski definition) is 1. The molecule has 2 unspecified atom stereocenters. The van der Waals surface area contributed by atoms with Crippen molar-refractivity contribution in [2.24, 2.45) is 0 Å². The van der Waals surface area contributed by atoms with E-state index in [9.17, 15) is 0 Å². The largest absolute Gasteiger partial charge is 0.303 e. The third-order valence-corrected chi connectivity index (χ3v) is 6.12. The summed E-state index contributed by atoms with van der Waals surface area (Å²) in [4.78, 5) is 4.18. The van der Waals surface area contributed by atoms with Crippen molar-refractivity contribution in [2.45, 2.75) is 39.8 Å². The van der Waals surface area contributed by atoms with Crippen LogP contribution in [-0.2, 0) is 0 Å². The van der Waals surface area contributed by atoms with Gasteiger partial charge in [-0.05, 0) is 66.7 Å². The van der Waals surface area contributed by atoms with Gasteiger partial charge in [-0.2, -0.15) is 0 Å². The van der Waals surface area contributed by atoms with Crippen molar-refractivity contribution in [1.29, 1.82) is 0 Å². The van der Waals surface area contributed by atoms with Crippen molar-refractivity contribution < 1.29 is 0 Å². The summed E-state index contributed by atoms with van der Waals surface area (Å²) in [6.45, 7) is 8.85. The zero-order valence-electron chi connectivity index (χ0n) is 11.1. The molecule has 0 aliphatic rings. The minimum atomic E-state index is 0.369. The second kappa shape index (κ2) is 5.87. The lowest BCUT2D eigenvalue weighted by molar-refractivity contribution is 0.498. The molecule has 4 heteroatoms. The van der Waals surface area contributed by atoms with Gasteiger partial charge in [0.2, 0.25) is 0 Å². The predicted octanol–water partition coefficient (Wildman–Crippen LogP) is 5.60. The van der Waals surface area contributed by atoms with Crippen molar-refractivity contribution >= 4 is 38.6 Å². The highest BCUT2D eigenvalue weighted by Gasteiger charge is 2.16. The number of thiophene rings is 2. The first-order valence-electron chi connectivity index (χ1n) is 6.05. The van der Waals surface area contributed by atoms with Crippen molar-refractivity contribution in [3.05, 3.63) is 42.2 Å². The third kappa shape index (κ3) is 3.05. The lowest BCUT2D eigenvalue weighted by Crippen LogP contribution is -2.22. The molecule has 18 heavy (non-hydrogen) atoms. The fraction of sp³-hybridized carbons (Fsp3) is 0.429. The van der Waals surface area contributed by atoms with Crippen LogP contribution < -0.4 is 5.32 Å². The Kier molecular flexibility index (Phi) is 4.64. The summed E-state index contributed by atoms with van der Waals surface area (Å²) in [5.41, 5.74) is 1.43. The maximum Gasteiger partial charge on any atom is 0.0402 e. The quantitative estimate of drug-likeness (QED) is 0.761. The molecule has 2 aromatic heterocycles. The minimum absolute atomic E-state index is 0.369. The van der Waals surface area contributed by atoms with Crippen LogP contribution in [0.1, 0.15) is 46.1 Å². The van der Waals surface area contributed by atoms with Crippen LogP contribution in [0.4, 0.5) is 0 Å². The Morgan fingerprint density at radius 2 is 1.94 bits per heavy atom. The van der Waals surface area contributed by atoms with Crippen LogP contribution in [0.25, 0.3) is 0 Å². The third-order valence-electron chi connectivity index (χ3n) is 3.08. The van der Waals surface area contributed by atoms with E-state index in [1.807, 2.05) is 11.3 Å². The molecule has 0 saturated heterocycles. The smallest absolute Gasteiger partial charge is 0.0402 e. The van der Waals surface area contributed by atoms with Gasteiger partial charge < -0.3 is 5.32 Å². The van der Waals surface area contributed by atoms with E-state index in [1.165, 1.54) is 24.7 Å². The van der Waals surface area contributed by atoms with E-state index < -0.39 is 0 Å². The lowest BCUT2D eigenvalue weighted by Gasteiger charge is -2.19. The molecule has 0 bridgehead atoms. The molecule has 0 fully saturated rings. The average molecular weight is 344 g/mol. The van der Waals surface area contributed by atoms with Crippen molar-refractivity contribution in [2.75, 3.05) is 0 Å². The molecule has 0 spiro atoms. The molecule has 2 rings (SSSR count). The van der Waals surface area contributed by atoms with Crippen molar-refractivity contribution in [3.8, 4) is 0 Å². The van der Waals surface area contributed by atoms with Crippen LogP contribution in [0, 0.1) is 13.8 Å². The SMILES string of the molecule is Cc1cc(C(C)NC(C)c2sccc2Br)c(C)s1. The summed E-state index contributed by atoms with van der Waals surface area (Å²) < 4.78 is 1.21. The second-order valence-corrected chi connectivity index (χ2v) is 7.87. The Morgan fingerprint density at radius 3 is 2.44 bits per heavy atom. The van der Waals surface area contributed by atoms with Crippen LogP contribution in [0.15, 0.2) is 22.0 Å². The molecule has 0 amide bonds. The molecule has 1 nitrogen and oxygen atoms in total. The monoisotopic (exact) mass is 343 g/mol. The highest BCUT2D eigenvalue weighted by Crippen LogP contribution is 2.32. The maximum atomic E-state index is 3.68. The number of nitrogens with one attached hydrogen (secondary N) is 1. The topological polar surface area (TPSA) is 12.0 Å². The van der Waals surface area contributed by atoms with Crippen molar-refractivity contribution in [3.63, 3.8) is 0 Å². The molecule has 2 heterocycles. The normalized spacial score (nSPS) is 14.7. The average Bonchev–Trinajstić information content (AvgIpc) is 2.84. The molecule has 0 aliphatic carbocycles.